The first-order chi connectivity index (χ1) is 10.9. The lowest BCUT2D eigenvalue weighted by molar-refractivity contribution is -0.144. The fourth-order valence-electron chi connectivity index (χ4n) is 1.70. The van der Waals surface area contributed by atoms with Gasteiger partial charge >= 0.3 is 6.18 Å². The van der Waals surface area contributed by atoms with Gasteiger partial charge in [-0.1, -0.05) is 30.3 Å². The van der Waals surface area contributed by atoms with E-state index in [9.17, 15) is 18.0 Å². The quantitative estimate of drug-likeness (QED) is 0.767. The zero-order valence-electron chi connectivity index (χ0n) is 11.3. The number of aromatic amines is 1. The van der Waals surface area contributed by atoms with Crippen LogP contribution in [0.15, 0.2) is 36.5 Å². The second kappa shape index (κ2) is 5.80. The highest BCUT2D eigenvalue weighted by Crippen LogP contribution is 2.27. The molecule has 2 aromatic heterocycles. The molecular weight excluding hydrogens is 331 g/mol. The van der Waals surface area contributed by atoms with Crippen molar-refractivity contribution in [2.24, 2.45) is 0 Å². The number of nitrogens with zero attached hydrogens (tertiary/aromatic N) is 3. The van der Waals surface area contributed by atoms with Gasteiger partial charge in [0.1, 0.15) is 9.88 Å². The number of amides is 1. The van der Waals surface area contributed by atoms with Crippen LogP contribution in [-0.4, -0.2) is 26.1 Å². The molecule has 10 heteroatoms. The molecule has 3 rings (SSSR count). The van der Waals surface area contributed by atoms with E-state index in [1.807, 2.05) is 30.3 Å². The first-order valence-electron chi connectivity index (χ1n) is 6.25. The van der Waals surface area contributed by atoms with Crippen molar-refractivity contribution in [3.05, 3.63) is 47.2 Å². The van der Waals surface area contributed by atoms with E-state index in [1.165, 1.54) is 6.20 Å². The molecule has 0 radical (unpaired) electrons. The average molecular weight is 339 g/mol. The highest BCUT2D eigenvalue weighted by atomic mass is 32.1. The van der Waals surface area contributed by atoms with E-state index >= 15 is 0 Å². The number of benzene rings is 1. The SMILES string of the molecule is O=C(Nc1n[nH]c(C(F)(F)F)n1)c1cnc(-c2ccccc2)s1. The smallest absolute Gasteiger partial charge is 0.288 e. The predicted molar refractivity (Wildman–Crippen MR) is 76.9 cm³/mol. The van der Waals surface area contributed by atoms with Crippen molar-refractivity contribution in [1.82, 2.24) is 20.2 Å². The number of hydrogen-bond acceptors (Lipinski definition) is 5. The predicted octanol–water partition coefficient (Wildman–Crippen LogP) is 3.20. The van der Waals surface area contributed by atoms with Crippen molar-refractivity contribution in [3.8, 4) is 10.6 Å². The summed E-state index contributed by atoms with van der Waals surface area (Å²) in [4.78, 5) is 19.5. The van der Waals surface area contributed by atoms with Crippen molar-refractivity contribution in [3.63, 3.8) is 0 Å². The molecule has 0 aliphatic rings. The highest BCUT2D eigenvalue weighted by molar-refractivity contribution is 7.17. The van der Waals surface area contributed by atoms with E-state index in [1.54, 1.807) is 5.10 Å². The van der Waals surface area contributed by atoms with Gasteiger partial charge in [-0.15, -0.1) is 16.4 Å². The number of H-pyrrole nitrogens is 1. The standard InChI is InChI=1S/C13H8F3N5OS/c14-13(15,16)11-19-12(21-20-11)18-9(22)8-6-17-10(23-8)7-4-2-1-3-5-7/h1-6H,(H2,18,19,20,21,22). The maximum absolute atomic E-state index is 12.4. The zero-order valence-corrected chi connectivity index (χ0v) is 12.1. The molecule has 0 saturated heterocycles. The van der Waals surface area contributed by atoms with Gasteiger partial charge in [-0.3, -0.25) is 15.2 Å². The van der Waals surface area contributed by atoms with Crippen molar-refractivity contribution in [2.75, 3.05) is 5.32 Å². The van der Waals surface area contributed by atoms with Gasteiger partial charge in [0.2, 0.25) is 11.8 Å². The normalized spacial score (nSPS) is 11.4. The van der Waals surface area contributed by atoms with E-state index in [2.05, 4.69) is 20.4 Å². The van der Waals surface area contributed by atoms with Crippen LogP contribution in [0, 0.1) is 0 Å². The van der Waals surface area contributed by atoms with Crippen LogP contribution < -0.4 is 5.32 Å². The van der Waals surface area contributed by atoms with Gasteiger partial charge in [-0.05, 0) is 0 Å². The minimum Gasteiger partial charge on any atom is -0.288 e. The largest absolute Gasteiger partial charge is 0.451 e. The monoisotopic (exact) mass is 339 g/mol. The molecule has 2 heterocycles. The number of anilines is 1. The summed E-state index contributed by atoms with van der Waals surface area (Å²) in [5.74, 6) is -2.35. The summed E-state index contributed by atoms with van der Waals surface area (Å²) in [6.07, 6.45) is -3.30. The summed E-state index contributed by atoms with van der Waals surface area (Å²) in [5.41, 5.74) is 0.841. The number of alkyl halides is 3. The third-order valence-electron chi connectivity index (χ3n) is 2.73. The van der Waals surface area contributed by atoms with Crippen LogP contribution in [0.4, 0.5) is 19.1 Å². The molecule has 0 unspecified atom stereocenters. The Balaban J connectivity index is 1.74. The molecule has 1 aromatic carbocycles. The fourth-order valence-corrected chi connectivity index (χ4v) is 2.52. The third-order valence-corrected chi connectivity index (χ3v) is 3.77. The number of aromatic nitrogens is 4. The molecule has 23 heavy (non-hydrogen) atoms. The van der Waals surface area contributed by atoms with Gasteiger partial charge in [-0.2, -0.15) is 18.2 Å². The van der Waals surface area contributed by atoms with Crippen LogP contribution in [0.5, 0.6) is 0 Å². The Morgan fingerprint density at radius 3 is 2.61 bits per heavy atom. The molecule has 0 aliphatic carbocycles. The Kier molecular flexibility index (Phi) is 3.82. The Morgan fingerprint density at radius 2 is 1.96 bits per heavy atom. The topological polar surface area (TPSA) is 83.6 Å². The minimum absolute atomic E-state index is 0.238. The third kappa shape index (κ3) is 3.37. The molecule has 0 bridgehead atoms. The minimum atomic E-state index is -4.65. The summed E-state index contributed by atoms with van der Waals surface area (Å²) >= 11 is 1.11. The molecule has 118 valence electrons. The van der Waals surface area contributed by atoms with E-state index in [-0.39, 0.29) is 4.88 Å². The number of rotatable bonds is 3. The van der Waals surface area contributed by atoms with Gasteiger partial charge in [0.15, 0.2) is 0 Å². The Morgan fingerprint density at radius 1 is 1.22 bits per heavy atom. The van der Waals surface area contributed by atoms with E-state index in [4.69, 9.17) is 0 Å². The zero-order chi connectivity index (χ0) is 16.4. The van der Waals surface area contributed by atoms with Gasteiger partial charge in [0.05, 0.1) is 6.20 Å². The van der Waals surface area contributed by atoms with Crippen molar-refractivity contribution in [1.29, 1.82) is 0 Å². The van der Waals surface area contributed by atoms with Crippen LogP contribution in [0.1, 0.15) is 15.5 Å². The molecule has 0 spiro atoms. The summed E-state index contributed by atoms with van der Waals surface area (Å²) in [7, 11) is 0. The van der Waals surface area contributed by atoms with Crippen LogP contribution in [0.25, 0.3) is 10.6 Å². The lowest BCUT2D eigenvalue weighted by Crippen LogP contribution is -2.12. The summed E-state index contributed by atoms with van der Waals surface area (Å²) in [6.45, 7) is 0. The lowest BCUT2D eigenvalue weighted by Gasteiger charge is -1.99. The first-order valence-corrected chi connectivity index (χ1v) is 7.07. The molecule has 0 saturated carbocycles. The van der Waals surface area contributed by atoms with Crippen molar-refractivity contribution < 1.29 is 18.0 Å². The Bertz CT molecular complexity index is 828. The molecule has 0 aliphatic heterocycles. The molecule has 3 aromatic rings. The van der Waals surface area contributed by atoms with Gasteiger partial charge in [-0.25, -0.2) is 4.98 Å². The molecule has 6 nitrogen and oxygen atoms in total. The molecule has 1 amide bonds. The van der Waals surface area contributed by atoms with Crippen LogP contribution in [0.2, 0.25) is 0 Å². The molecule has 0 atom stereocenters. The number of carbonyl (C=O) groups is 1. The Hall–Kier alpha value is -2.75. The van der Waals surface area contributed by atoms with Crippen LogP contribution in [0.3, 0.4) is 0 Å². The summed E-state index contributed by atoms with van der Waals surface area (Å²) in [5, 5.41) is 7.85. The van der Waals surface area contributed by atoms with Gasteiger partial charge in [0, 0.05) is 5.56 Å². The number of thiazole rings is 1. The van der Waals surface area contributed by atoms with E-state index < -0.39 is 23.9 Å². The number of hydrogen-bond donors (Lipinski definition) is 2. The molecule has 0 fully saturated rings. The Labute approximate surface area is 131 Å². The van der Waals surface area contributed by atoms with Crippen LogP contribution >= 0.6 is 11.3 Å². The second-order valence-electron chi connectivity index (χ2n) is 4.36. The second-order valence-corrected chi connectivity index (χ2v) is 5.39. The number of nitrogens with one attached hydrogen (secondary N) is 2. The molecular formula is C13H8F3N5OS. The maximum atomic E-state index is 12.4. The van der Waals surface area contributed by atoms with Gasteiger partial charge < -0.3 is 0 Å². The lowest BCUT2D eigenvalue weighted by atomic mass is 10.2. The number of halogens is 3. The number of carbonyl (C=O) groups excluding carboxylic acids is 1. The fraction of sp³-hybridized carbons (Fsp3) is 0.0769. The summed E-state index contributed by atoms with van der Waals surface area (Å²) in [6, 6.07) is 9.20. The highest BCUT2D eigenvalue weighted by Gasteiger charge is 2.35. The molecule has 2 N–H and O–H groups in total. The summed E-state index contributed by atoms with van der Waals surface area (Å²) < 4.78 is 37.2. The van der Waals surface area contributed by atoms with Crippen LogP contribution in [-0.2, 0) is 6.18 Å². The van der Waals surface area contributed by atoms with E-state index in [0.29, 0.717) is 5.01 Å². The van der Waals surface area contributed by atoms with E-state index in [0.717, 1.165) is 16.9 Å². The van der Waals surface area contributed by atoms with Crippen molar-refractivity contribution >= 4 is 23.2 Å². The maximum Gasteiger partial charge on any atom is 0.451 e. The first kappa shape index (κ1) is 15.2. The van der Waals surface area contributed by atoms with Gasteiger partial charge in [0.25, 0.3) is 5.91 Å². The average Bonchev–Trinajstić information content (AvgIpc) is 3.16. The van der Waals surface area contributed by atoms with Crippen molar-refractivity contribution in [2.45, 2.75) is 6.18 Å².